The molecule has 3 heteroatoms. The van der Waals surface area contributed by atoms with Gasteiger partial charge in [-0.1, -0.05) is 0 Å². The van der Waals surface area contributed by atoms with E-state index < -0.39 is 0 Å². The summed E-state index contributed by atoms with van der Waals surface area (Å²) >= 11 is 1.75. The van der Waals surface area contributed by atoms with Crippen molar-refractivity contribution in [2.45, 2.75) is 31.4 Å². The minimum atomic E-state index is -0.247. The number of thioether (sulfide) groups is 1. The largest absolute Gasteiger partial charge is 0.461 e. The van der Waals surface area contributed by atoms with Crippen molar-refractivity contribution in [3.05, 3.63) is 23.7 Å². The minimum absolute atomic E-state index is 0.155. The van der Waals surface area contributed by atoms with Gasteiger partial charge in [0.2, 0.25) is 5.78 Å². The first-order valence-electron chi connectivity index (χ1n) is 4.86. The van der Waals surface area contributed by atoms with Gasteiger partial charge in [0.1, 0.15) is 0 Å². The Labute approximate surface area is 88.1 Å². The maximum atomic E-state index is 12.1. The van der Waals surface area contributed by atoms with Crippen molar-refractivity contribution in [2.75, 3.05) is 5.75 Å². The van der Waals surface area contributed by atoms with Crippen LogP contribution in [-0.2, 0) is 0 Å². The zero-order chi connectivity index (χ0) is 10.2. The van der Waals surface area contributed by atoms with E-state index in [2.05, 4.69) is 0 Å². The molecule has 0 amide bonds. The van der Waals surface area contributed by atoms with Gasteiger partial charge in [0.05, 0.1) is 11.0 Å². The van der Waals surface area contributed by atoms with E-state index in [1.54, 1.807) is 18.0 Å². The van der Waals surface area contributed by atoms with Gasteiger partial charge in [-0.05, 0) is 44.1 Å². The second kappa shape index (κ2) is 3.46. The molecule has 0 bridgehead atoms. The van der Waals surface area contributed by atoms with Crippen molar-refractivity contribution < 1.29 is 9.21 Å². The summed E-state index contributed by atoms with van der Waals surface area (Å²) in [4.78, 5) is 12.1. The number of hydrogen-bond donors (Lipinski definition) is 0. The molecule has 76 valence electrons. The van der Waals surface area contributed by atoms with Gasteiger partial charge in [-0.3, -0.25) is 4.79 Å². The third-order valence-corrected chi connectivity index (χ3v) is 4.29. The third-order valence-electron chi connectivity index (χ3n) is 2.77. The van der Waals surface area contributed by atoms with E-state index in [9.17, 15) is 4.79 Å². The van der Waals surface area contributed by atoms with Gasteiger partial charge in [-0.15, -0.1) is 11.8 Å². The summed E-state index contributed by atoms with van der Waals surface area (Å²) in [6.45, 7) is 3.94. The molecule has 1 aromatic heterocycles. The van der Waals surface area contributed by atoms with Crippen molar-refractivity contribution >= 4 is 17.5 Å². The highest BCUT2D eigenvalue weighted by Gasteiger charge is 2.39. The molecule has 2 rings (SSSR count). The fourth-order valence-electron chi connectivity index (χ4n) is 1.80. The molecule has 1 aliphatic heterocycles. The molecule has 1 unspecified atom stereocenters. The van der Waals surface area contributed by atoms with Crippen LogP contribution in [0, 0.1) is 6.92 Å². The fourth-order valence-corrected chi connectivity index (χ4v) is 3.06. The molecule has 0 N–H and O–H groups in total. The molecule has 1 atom stereocenters. The van der Waals surface area contributed by atoms with Crippen molar-refractivity contribution in [3.8, 4) is 0 Å². The molecule has 1 aromatic rings. The summed E-state index contributed by atoms with van der Waals surface area (Å²) in [6.07, 6.45) is 3.69. The average Bonchev–Trinajstić information content (AvgIpc) is 2.74. The number of furan rings is 1. The van der Waals surface area contributed by atoms with Crippen LogP contribution in [0.3, 0.4) is 0 Å². The molecular weight excluding hydrogens is 196 g/mol. The van der Waals surface area contributed by atoms with Gasteiger partial charge >= 0.3 is 0 Å². The van der Waals surface area contributed by atoms with E-state index in [1.807, 2.05) is 19.9 Å². The topological polar surface area (TPSA) is 30.2 Å². The molecular formula is C11H14O2S. The van der Waals surface area contributed by atoms with E-state index in [1.165, 1.54) is 0 Å². The summed E-state index contributed by atoms with van der Waals surface area (Å²) in [5.74, 6) is 1.78. The van der Waals surface area contributed by atoms with Crippen LogP contribution in [0.15, 0.2) is 16.7 Å². The fraction of sp³-hybridized carbons (Fsp3) is 0.545. The van der Waals surface area contributed by atoms with Crippen LogP contribution in [0.5, 0.6) is 0 Å². The molecule has 0 spiro atoms. The Hall–Kier alpha value is -0.700. The van der Waals surface area contributed by atoms with Crippen LogP contribution in [-0.4, -0.2) is 16.3 Å². The van der Waals surface area contributed by atoms with Crippen molar-refractivity contribution in [1.82, 2.24) is 0 Å². The van der Waals surface area contributed by atoms with E-state index in [-0.39, 0.29) is 10.5 Å². The summed E-state index contributed by atoms with van der Waals surface area (Å²) in [5, 5.41) is 0. The van der Waals surface area contributed by atoms with Crippen LogP contribution in [0.1, 0.15) is 35.9 Å². The molecule has 0 aliphatic carbocycles. The lowest BCUT2D eigenvalue weighted by Gasteiger charge is -2.19. The second-order valence-corrected chi connectivity index (χ2v) is 5.54. The second-order valence-electron chi connectivity index (χ2n) is 3.94. The molecule has 0 saturated carbocycles. The smallest absolute Gasteiger partial charge is 0.213 e. The summed E-state index contributed by atoms with van der Waals surface area (Å²) < 4.78 is 4.99. The Morgan fingerprint density at radius 2 is 2.43 bits per heavy atom. The first kappa shape index (κ1) is 9.84. The molecule has 14 heavy (non-hydrogen) atoms. The Balaban J connectivity index is 2.28. The highest BCUT2D eigenvalue weighted by Crippen LogP contribution is 2.40. The maximum Gasteiger partial charge on any atom is 0.213 e. The highest BCUT2D eigenvalue weighted by molar-refractivity contribution is 8.01. The highest BCUT2D eigenvalue weighted by atomic mass is 32.2. The lowest BCUT2D eigenvalue weighted by Crippen LogP contribution is -2.28. The predicted molar refractivity (Wildman–Crippen MR) is 57.9 cm³/mol. The molecule has 1 aliphatic rings. The molecule has 2 heterocycles. The van der Waals surface area contributed by atoms with Gasteiger partial charge in [0.25, 0.3) is 0 Å². The lowest BCUT2D eigenvalue weighted by atomic mass is 9.97. The molecule has 1 fully saturated rings. The number of Topliss-reactive ketones (excluding diaryl/α,β-unsaturated/α-hetero) is 1. The standard InChI is InChI=1S/C11H14O2S/c1-8-4-6-13-9(8)10(12)11(2)5-3-7-14-11/h4,6H,3,5,7H2,1-2H3. The first-order valence-corrected chi connectivity index (χ1v) is 5.85. The predicted octanol–water partition coefficient (Wildman–Crippen LogP) is 3.06. The summed E-state index contributed by atoms with van der Waals surface area (Å²) in [6, 6.07) is 1.84. The molecule has 2 nitrogen and oxygen atoms in total. The molecule has 0 radical (unpaired) electrons. The quantitative estimate of drug-likeness (QED) is 0.703. The van der Waals surface area contributed by atoms with Gasteiger partial charge in [0, 0.05) is 0 Å². The van der Waals surface area contributed by atoms with Crippen molar-refractivity contribution in [3.63, 3.8) is 0 Å². The van der Waals surface area contributed by atoms with E-state index >= 15 is 0 Å². The lowest BCUT2D eigenvalue weighted by molar-refractivity contribution is 0.0920. The third kappa shape index (κ3) is 1.50. The number of hydrogen-bond acceptors (Lipinski definition) is 3. The Morgan fingerprint density at radius 1 is 1.64 bits per heavy atom. The number of carbonyl (C=O) groups excluding carboxylic acids is 1. The van der Waals surface area contributed by atoms with Crippen LogP contribution in [0.25, 0.3) is 0 Å². The Kier molecular flexibility index (Phi) is 2.43. The average molecular weight is 210 g/mol. The minimum Gasteiger partial charge on any atom is -0.461 e. The van der Waals surface area contributed by atoms with Crippen LogP contribution in [0.4, 0.5) is 0 Å². The summed E-state index contributed by atoms with van der Waals surface area (Å²) in [7, 11) is 0. The van der Waals surface area contributed by atoms with Crippen molar-refractivity contribution in [1.29, 1.82) is 0 Å². The Morgan fingerprint density at radius 3 is 2.93 bits per heavy atom. The molecule has 1 saturated heterocycles. The zero-order valence-corrected chi connectivity index (χ0v) is 9.32. The van der Waals surface area contributed by atoms with Crippen LogP contribution in [0.2, 0.25) is 0 Å². The monoisotopic (exact) mass is 210 g/mol. The number of carbonyl (C=O) groups is 1. The normalized spacial score (nSPS) is 26.7. The van der Waals surface area contributed by atoms with E-state index in [4.69, 9.17) is 4.42 Å². The zero-order valence-electron chi connectivity index (χ0n) is 8.50. The first-order chi connectivity index (χ1) is 6.63. The van der Waals surface area contributed by atoms with E-state index in [0.29, 0.717) is 5.76 Å². The van der Waals surface area contributed by atoms with Crippen LogP contribution >= 0.6 is 11.8 Å². The van der Waals surface area contributed by atoms with E-state index in [0.717, 1.165) is 24.2 Å². The SMILES string of the molecule is Cc1ccoc1C(=O)C1(C)CCCS1. The van der Waals surface area contributed by atoms with Crippen molar-refractivity contribution in [2.24, 2.45) is 0 Å². The number of rotatable bonds is 2. The molecule has 0 aromatic carbocycles. The van der Waals surface area contributed by atoms with Gasteiger partial charge in [0.15, 0.2) is 5.76 Å². The maximum absolute atomic E-state index is 12.1. The van der Waals surface area contributed by atoms with Gasteiger partial charge < -0.3 is 4.42 Å². The van der Waals surface area contributed by atoms with Gasteiger partial charge in [-0.2, -0.15) is 0 Å². The van der Waals surface area contributed by atoms with Crippen LogP contribution < -0.4 is 0 Å². The summed E-state index contributed by atoms with van der Waals surface area (Å²) in [5.41, 5.74) is 0.948. The Bertz CT molecular complexity index is 348. The number of ketones is 1. The van der Waals surface area contributed by atoms with Gasteiger partial charge in [-0.25, -0.2) is 0 Å². The number of aryl methyl sites for hydroxylation is 1.